The third-order valence-corrected chi connectivity index (χ3v) is 5.67. The summed E-state index contributed by atoms with van der Waals surface area (Å²) in [6, 6.07) is 0. The Morgan fingerprint density at radius 1 is 1.40 bits per heavy atom. The van der Waals surface area contributed by atoms with Crippen LogP contribution < -0.4 is 4.72 Å². The molecule has 1 aliphatic heterocycles. The van der Waals surface area contributed by atoms with Gasteiger partial charge in [-0.1, -0.05) is 11.6 Å². The Morgan fingerprint density at radius 2 is 2.15 bits per heavy atom. The second-order valence-electron chi connectivity index (χ2n) is 5.96. The number of nitrogens with zero attached hydrogens (tertiary/aromatic N) is 1. The van der Waals surface area contributed by atoms with Crippen molar-refractivity contribution in [1.29, 1.82) is 0 Å². The smallest absolute Gasteiger partial charge is 0.214 e. The number of rotatable bonds is 7. The maximum Gasteiger partial charge on any atom is 0.214 e. The molecule has 0 bridgehead atoms. The number of morpholine rings is 1. The zero-order valence-corrected chi connectivity index (χ0v) is 13.3. The second kappa shape index (κ2) is 7.02. The molecule has 1 saturated carbocycles. The first-order valence-electron chi connectivity index (χ1n) is 7.43. The van der Waals surface area contributed by atoms with E-state index in [4.69, 9.17) is 4.74 Å². The fourth-order valence-electron chi connectivity index (χ4n) is 2.29. The van der Waals surface area contributed by atoms with E-state index in [-0.39, 0.29) is 11.4 Å². The van der Waals surface area contributed by atoms with Crippen molar-refractivity contribution >= 4 is 10.0 Å². The van der Waals surface area contributed by atoms with Crippen molar-refractivity contribution in [2.45, 2.75) is 44.5 Å². The van der Waals surface area contributed by atoms with E-state index in [0.29, 0.717) is 6.54 Å². The summed E-state index contributed by atoms with van der Waals surface area (Å²) < 4.78 is 31.8. The van der Waals surface area contributed by atoms with Gasteiger partial charge < -0.3 is 4.74 Å². The summed E-state index contributed by atoms with van der Waals surface area (Å²) in [4.78, 5) is 2.36. The molecule has 1 atom stereocenters. The predicted molar refractivity (Wildman–Crippen MR) is 80.2 cm³/mol. The topological polar surface area (TPSA) is 58.6 Å². The van der Waals surface area contributed by atoms with Gasteiger partial charge in [0.25, 0.3) is 0 Å². The van der Waals surface area contributed by atoms with E-state index in [1.54, 1.807) is 0 Å². The first-order chi connectivity index (χ1) is 9.47. The molecule has 0 amide bonds. The van der Waals surface area contributed by atoms with E-state index in [1.807, 2.05) is 0 Å². The Bertz CT molecular complexity index is 439. The minimum Gasteiger partial charge on any atom is -0.376 e. The van der Waals surface area contributed by atoms with Crippen molar-refractivity contribution in [1.82, 2.24) is 9.62 Å². The molecule has 1 saturated heterocycles. The van der Waals surface area contributed by atoms with Crippen molar-refractivity contribution in [3.63, 3.8) is 0 Å². The molecule has 0 spiro atoms. The summed E-state index contributed by atoms with van der Waals surface area (Å²) in [6.07, 6.45) is 4.73. The summed E-state index contributed by atoms with van der Waals surface area (Å²) in [6.45, 7) is 8.21. The Balaban J connectivity index is 1.69. The Hall–Kier alpha value is -0.430. The van der Waals surface area contributed by atoms with Crippen molar-refractivity contribution in [2.75, 3.05) is 32.8 Å². The highest BCUT2D eigenvalue weighted by Gasteiger charge is 2.35. The lowest BCUT2D eigenvalue weighted by Crippen LogP contribution is -2.43. The zero-order chi connectivity index (χ0) is 14.6. The molecule has 1 N–H and O–H groups in total. The van der Waals surface area contributed by atoms with Crippen LogP contribution in [-0.4, -0.2) is 57.5 Å². The molecule has 0 unspecified atom stereocenters. The minimum absolute atomic E-state index is 0.135. The molecule has 6 heteroatoms. The Morgan fingerprint density at radius 3 is 2.80 bits per heavy atom. The van der Waals surface area contributed by atoms with Gasteiger partial charge in [0.05, 0.1) is 18.0 Å². The van der Waals surface area contributed by atoms with E-state index < -0.39 is 10.0 Å². The monoisotopic (exact) mass is 302 g/mol. The molecule has 0 aromatic carbocycles. The SMILES string of the molecule is CC(C)=CCN1CCO[C@@H](CCNS(=O)(=O)C2CC2)C1. The molecule has 116 valence electrons. The summed E-state index contributed by atoms with van der Waals surface area (Å²) in [5.74, 6) is 0. The molecule has 0 radical (unpaired) electrons. The van der Waals surface area contributed by atoms with Crippen molar-refractivity contribution in [3.8, 4) is 0 Å². The molecule has 1 aliphatic carbocycles. The number of hydrogen-bond acceptors (Lipinski definition) is 4. The number of sulfonamides is 1. The standard InChI is InChI=1S/C14H26N2O3S/c1-12(2)6-8-16-9-10-19-13(11-16)5-7-15-20(17,18)14-3-4-14/h6,13-15H,3-5,7-11H2,1-2H3/t13-/m0/s1. The van der Waals surface area contributed by atoms with Gasteiger partial charge in [0.15, 0.2) is 0 Å². The summed E-state index contributed by atoms with van der Waals surface area (Å²) in [5.41, 5.74) is 1.32. The average Bonchev–Trinajstić information content (AvgIpc) is 3.21. The van der Waals surface area contributed by atoms with Crippen LogP contribution in [0.5, 0.6) is 0 Å². The zero-order valence-electron chi connectivity index (χ0n) is 12.5. The highest BCUT2D eigenvalue weighted by Crippen LogP contribution is 2.27. The summed E-state index contributed by atoms with van der Waals surface area (Å²) >= 11 is 0. The van der Waals surface area contributed by atoms with Crippen LogP contribution in [0.1, 0.15) is 33.1 Å². The average molecular weight is 302 g/mol. The third-order valence-electron chi connectivity index (χ3n) is 3.71. The van der Waals surface area contributed by atoms with Gasteiger partial charge in [0, 0.05) is 26.2 Å². The van der Waals surface area contributed by atoms with Gasteiger partial charge in [-0.2, -0.15) is 0 Å². The molecule has 2 fully saturated rings. The van der Waals surface area contributed by atoms with Gasteiger partial charge in [-0.3, -0.25) is 4.90 Å². The first-order valence-corrected chi connectivity index (χ1v) is 8.98. The molecule has 2 aliphatic rings. The minimum atomic E-state index is -3.05. The maximum absolute atomic E-state index is 11.7. The fraction of sp³-hybridized carbons (Fsp3) is 0.857. The lowest BCUT2D eigenvalue weighted by atomic mass is 10.2. The van der Waals surface area contributed by atoms with Gasteiger partial charge in [-0.15, -0.1) is 0 Å². The van der Waals surface area contributed by atoms with Crippen LogP contribution >= 0.6 is 0 Å². The molecular formula is C14H26N2O3S. The Labute approximate surface area is 122 Å². The van der Waals surface area contributed by atoms with Crippen molar-refractivity contribution in [2.24, 2.45) is 0 Å². The number of allylic oxidation sites excluding steroid dienone is 1. The third kappa shape index (κ3) is 5.16. The number of ether oxygens (including phenoxy) is 1. The van der Waals surface area contributed by atoms with Crippen LogP contribution in [0.2, 0.25) is 0 Å². The molecule has 1 heterocycles. The van der Waals surface area contributed by atoms with Gasteiger partial charge in [0.2, 0.25) is 10.0 Å². The normalized spacial score (nSPS) is 24.6. The van der Waals surface area contributed by atoms with E-state index in [2.05, 4.69) is 29.5 Å². The van der Waals surface area contributed by atoms with Crippen LogP contribution in [0, 0.1) is 0 Å². The lowest BCUT2D eigenvalue weighted by molar-refractivity contribution is -0.0272. The van der Waals surface area contributed by atoms with Crippen LogP contribution in [0.25, 0.3) is 0 Å². The highest BCUT2D eigenvalue weighted by molar-refractivity contribution is 7.90. The van der Waals surface area contributed by atoms with Crippen LogP contribution in [0.15, 0.2) is 11.6 Å². The van der Waals surface area contributed by atoms with Gasteiger partial charge in [-0.25, -0.2) is 13.1 Å². The van der Waals surface area contributed by atoms with Crippen molar-refractivity contribution < 1.29 is 13.2 Å². The number of nitrogens with one attached hydrogen (secondary N) is 1. The van der Waals surface area contributed by atoms with E-state index >= 15 is 0 Å². The van der Waals surface area contributed by atoms with Crippen LogP contribution in [-0.2, 0) is 14.8 Å². The molecule has 0 aromatic heterocycles. The molecule has 0 aromatic rings. The molecule has 2 rings (SSSR count). The molecule has 20 heavy (non-hydrogen) atoms. The summed E-state index contributed by atoms with van der Waals surface area (Å²) in [5, 5.41) is -0.135. The van der Waals surface area contributed by atoms with Crippen LogP contribution in [0.4, 0.5) is 0 Å². The van der Waals surface area contributed by atoms with E-state index in [0.717, 1.165) is 45.5 Å². The largest absolute Gasteiger partial charge is 0.376 e. The second-order valence-corrected chi connectivity index (χ2v) is 8.01. The predicted octanol–water partition coefficient (Wildman–Crippen LogP) is 1.13. The quantitative estimate of drug-likeness (QED) is 0.716. The molecule has 5 nitrogen and oxygen atoms in total. The van der Waals surface area contributed by atoms with Gasteiger partial charge >= 0.3 is 0 Å². The van der Waals surface area contributed by atoms with E-state index in [9.17, 15) is 8.42 Å². The molecular weight excluding hydrogens is 276 g/mol. The Kier molecular flexibility index (Phi) is 5.60. The van der Waals surface area contributed by atoms with E-state index in [1.165, 1.54) is 5.57 Å². The van der Waals surface area contributed by atoms with Gasteiger partial charge in [-0.05, 0) is 33.1 Å². The lowest BCUT2D eigenvalue weighted by Gasteiger charge is -2.32. The van der Waals surface area contributed by atoms with Crippen LogP contribution in [0.3, 0.4) is 0 Å². The van der Waals surface area contributed by atoms with Crippen molar-refractivity contribution in [3.05, 3.63) is 11.6 Å². The first kappa shape index (κ1) is 15.9. The maximum atomic E-state index is 11.7. The fourth-order valence-corrected chi connectivity index (χ4v) is 3.69. The highest BCUT2D eigenvalue weighted by atomic mass is 32.2. The van der Waals surface area contributed by atoms with Gasteiger partial charge in [0.1, 0.15) is 0 Å². The number of hydrogen-bond donors (Lipinski definition) is 1. The summed E-state index contributed by atoms with van der Waals surface area (Å²) in [7, 11) is -3.05.